The van der Waals surface area contributed by atoms with Crippen LogP contribution in [0.15, 0.2) is 18.5 Å². The number of anilines is 2. The Labute approximate surface area is 191 Å². The number of ether oxygens (including phenoxy) is 1. The lowest BCUT2D eigenvalue weighted by Gasteiger charge is -2.27. The molecule has 0 spiro atoms. The zero-order valence-corrected chi connectivity index (χ0v) is 20.0. The van der Waals surface area contributed by atoms with E-state index < -0.39 is 5.60 Å². The molecular formula is C20H25IN6O2S. The summed E-state index contributed by atoms with van der Waals surface area (Å²) in [6, 6.07) is 1.99. The van der Waals surface area contributed by atoms with Crippen LogP contribution in [0.5, 0.6) is 5.88 Å². The molecule has 0 amide bonds. The summed E-state index contributed by atoms with van der Waals surface area (Å²) < 4.78 is 9.84. The number of hydrogen-bond donors (Lipinski definition) is 2. The highest BCUT2D eigenvalue weighted by Gasteiger charge is 2.42. The van der Waals surface area contributed by atoms with E-state index in [1.54, 1.807) is 9.12 Å². The van der Waals surface area contributed by atoms with Crippen LogP contribution < -0.4 is 10.1 Å². The molecular weight excluding hydrogens is 515 g/mol. The predicted molar refractivity (Wildman–Crippen MR) is 127 cm³/mol. The molecule has 30 heavy (non-hydrogen) atoms. The van der Waals surface area contributed by atoms with Crippen LogP contribution in [-0.4, -0.2) is 41.0 Å². The fourth-order valence-electron chi connectivity index (χ4n) is 4.44. The van der Waals surface area contributed by atoms with Crippen molar-refractivity contribution in [3.05, 3.63) is 24.2 Å². The summed E-state index contributed by atoms with van der Waals surface area (Å²) in [6.07, 6.45) is 8.90. The van der Waals surface area contributed by atoms with Gasteiger partial charge in [-0.05, 0) is 52.0 Å². The van der Waals surface area contributed by atoms with Gasteiger partial charge in [-0.25, -0.2) is 0 Å². The van der Waals surface area contributed by atoms with Crippen molar-refractivity contribution in [3.8, 4) is 5.88 Å². The van der Waals surface area contributed by atoms with Crippen LogP contribution in [-0.2, 0) is 0 Å². The molecule has 2 fully saturated rings. The Kier molecular flexibility index (Phi) is 5.34. The lowest BCUT2D eigenvalue weighted by molar-refractivity contribution is 0.0211. The van der Waals surface area contributed by atoms with Gasteiger partial charge in [-0.3, -0.25) is 8.65 Å². The Hall–Kier alpha value is -1.53. The van der Waals surface area contributed by atoms with Gasteiger partial charge in [0, 0.05) is 42.4 Å². The van der Waals surface area contributed by atoms with Gasteiger partial charge in [-0.15, -0.1) is 0 Å². The molecule has 2 atom stereocenters. The Morgan fingerprint density at radius 1 is 1.37 bits per heavy atom. The molecule has 3 heterocycles. The van der Waals surface area contributed by atoms with Gasteiger partial charge in [0.05, 0.1) is 41.2 Å². The van der Waals surface area contributed by atoms with Gasteiger partial charge in [-0.1, -0.05) is 0 Å². The molecule has 0 aromatic carbocycles. The fourth-order valence-corrected chi connectivity index (χ4v) is 5.70. The highest BCUT2D eigenvalue weighted by atomic mass is 127. The van der Waals surface area contributed by atoms with E-state index >= 15 is 0 Å². The first-order chi connectivity index (χ1) is 14.5. The van der Waals surface area contributed by atoms with Crippen LogP contribution in [0.4, 0.5) is 11.6 Å². The monoisotopic (exact) mass is 540 g/mol. The van der Waals surface area contributed by atoms with E-state index in [1.807, 2.05) is 36.3 Å². The SMILES string of the molecule is CCOc1nc(Nc2cnn(C3CCCC3(C)O)c2C2CC2)nc2c1ccn2SI. The highest BCUT2D eigenvalue weighted by Crippen LogP contribution is 2.48. The number of hydrogen-bond acceptors (Lipinski definition) is 7. The summed E-state index contributed by atoms with van der Waals surface area (Å²) in [7, 11) is 1.55. The molecule has 3 aromatic rings. The molecule has 2 aliphatic carbocycles. The molecule has 2 N–H and O–H groups in total. The van der Waals surface area contributed by atoms with Gasteiger partial charge in [0.2, 0.25) is 11.8 Å². The highest BCUT2D eigenvalue weighted by molar-refractivity contribution is 14.2. The molecule has 5 rings (SSSR count). The van der Waals surface area contributed by atoms with Crippen LogP contribution in [0, 0.1) is 0 Å². The minimum Gasteiger partial charge on any atom is -0.477 e. The largest absolute Gasteiger partial charge is 0.477 e. The fraction of sp³-hybridized carbons (Fsp3) is 0.550. The van der Waals surface area contributed by atoms with Gasteiger partial charge in [-0.2, -0.15) is 15.1 Å². The Balaban J connectivity index is 1.54. The van der Waals surface area contributed by atoms with Gasteiger partial charge in [0.25, 0.3) is 0 Å². The van der Waals surface area contributed by atoms with Crippen molar-refractivity contribution in [1.82, 2.24) is 23.7 Å². The zero-order chi connectivity index (χ0) is 20.9. The van der Waals surface area contributed by atoms with Gasteiger partial charge in [0.15, 0.2) is 5.65 Å². The number of aromatic nitrogens is 5. The average molecular weight is 540 g/mol. The number of aliphatic hydroxyl groups is 1. The predicted octanol–water partition coefficient (Wildman–Crippen LogP) is 4.97. The Morgan fingerprint density at radius 2 is 2.20 bits per heavy atom. The van der Waals surface area contributed by atoms with Crippen molar-refractivity contribution in [2.24, 2.45) is 0 Å². The molecule has 10 heteroatoms. The lowest BCUT2D eigenvalue weighted by atomic mass is 10.0. The third kappa shape index (κ3) is 3.56. The summed E-state index contributed by atoms with van der Waals surface area (Å²) in [5.41, 5.74) is 2.17. The number of fused-ring (bicyclic) bond motifs is 1. The molecule has 0 saturated heterocycles. The quantitative estimate of drug-likeness (QED) is 0.409. The van der Waals surface area contributed by atoms with E-state index in [0.717, 1.165) is 54.5 Å². The van der Waals surface area contributed by atoms with Gasteiger partial charge in [0.1, 0.15) is 0 Å². The molecule has 8 nitrogen and oxygen atoms in total. The summed E-state index contributed by atoms with van der Waals surface area (Å²) in [6.45, 7) is 4.42. The topological polar surface area (TPSA) is 90.0 Å². The van der Waals surface area contributed by atoms with Crippen molar-refractivity contribution >= 4 is 53.0 Å². The first kappa shape index (κ1) is 20.4. The van der Waals surface area contributed by atoms with Crippen molar-refractivity contribution in [2.45, 2.75) is 63.5 Å². The van der Waals surface area contributed by atoms with E-state index in [4.69, 9.17) is 14.8 Å². The van der Waals surface area contributed by atoms with E-state index in [-0.39, 0.29) is 6.04 Å². The van der Waals surface area contributed by atoms with E-state index in [1.165, 1.54) is 0 Å². The normalized spacial score (nSPS) is 23.9. The molecule has 160 valence electrons. The van der Waals surface area contributed by atoms with Crippen LogP contribution in [0.2, 0.25) is 0 Å². The lowest BCUT2D eigenvalue weighted by Crippen LogP contribution is -2.32. The molecule has 0 bridgehead atoms. The number of nitrogens with zero attached hydrogens (tertiary/aromatic N) is 5. The van der Waals surface area contributed by atoms with Crippen molar-refractivity contribution < 1.29 is 9.84 Å². The summed E-state index contributed by atoms with van der Waals surface area (Å²) in [5.74, 6) is 1.54. The minimum absolute atomic E-state index is 0.0127. The van der Waals surface area contributed by atoms with Gasteiger partial charge >= 0.3 is 0 Å². The second-order valence-electron chi connectivity index (χ2n) is 8.29. The van der Waals surface area contributed by atoms with Crippen molar-refractivity contribution in [1.29, 1.82) is 0 Å². The first-order valence-electron chi connectivity index (χ1n) is 10.4. The smallest absolute Gasteiger partial charge is 0.232 e. The molecule has 2 saturated carbocycles. The third-order valence-electron chi connectivity index (χ3n) is 6.05. The number of nitrogens with one attached hydrogen (secondary N) is 1. The van der Waals surface area contributed by atoms with E-state index in [0.29, 0.717) is 24.4 Å². The van der Waals surface area contributed by atoms with Crippen LogP contribution in [0.3, 0.4) is 0 Å². The third-order valence-corrected chi connectivity index (χ3v) is 7.77. The average Bonchev–Trinajstić information content (AvgIpc) is 3.17. The summed E-state index contributed by atoms with van der Waals surface area (Å²) in [5, 5.41) is 19.8. The molecule has 2 aliphatic rings. The Morgan fingerprint density at radius 3 is 2.87 bits per heavy atom. The second-order valence-corrected chi connectivity index (χ2v) is 10.00. The molecule has 3 aromatic heterocycles. The van der Waals surface area contributed by atoms with Gasteiger partial charge < -0.3 is 15.2 Å². The molecule has 2 unspecified atom stereocenters. The Bertz CT molecular complexity index is 1080. The van der Waals surface area contributed by atoms with E-state index in [9.17, 15) is 5.11 Å². The number of rotatable bonds is 7. The van der Waals surface area contributed by atoms with E-state index in [2.05, 4.69) is 36.2 Å². The van der Waals surface area contributed by atoms with Crippen LogP contribution in [0.1, 0.15) is 63.6 Å². The maximum atomic E-state index is 10.9. The van der Waals surface area contributed by atoms with Crippen molar-refractivity contribution in [2.75, 3.05) is 11.9 Å². The minimum atomic E-state index is -0.719. The van der Waals surface area contributed by atoms with Crippen molar-refractivity contribution in [3.63, 3.8) is 0 Å². The first-order valence-corrected chi connectivity index (χ1v) is 13.7. The molecule has 0 aliphatic heterocycles. The molecule has 0 radical (unpaired) electrons. The van der Waals surface area contributed by atoms with Crippen LogP contribution in [0.25, 0.3) is 11.0 Å². The zero-order valence-electron chi connectivity index (χ0n) is 17.0. The summed E-state index contributed by atoms with van der Waals surface area (Å²) >= 11 is 2.24. The maximum Gasteiger partial charge on any atom is 0.232 e. The van der Waals surface area contributed by atoms with Crippen LogP contribution >= 0.6 is 30.3 Å². The summed E-state index contributed by atoms with van der Waals surface area (Å²) in [4.78, 5) is 9.38. The maximum absolute atomic E-state index is 10.9. The number of halogens is 1. The standard InChI is InChI=1S/C20H25IN6O2S/c1-3-29-18-13-8-10-26(30-21)17(13)24-19(25-18)23-14-11-22-27(16(14)12-6-7-12)15-5-4-9-20(15,2)28/h8,10-12,15,28H,3-7,9H2,1-2H3,(H,23,24,25). The second kappa shape index (κ2) is 7.86.